The SMILES string of the molecule is O=C(NC[C@H]1CN(c2cc(F)c(N3CCC4(CC3)CS(=O)(=O)C4)c(F)c2)C(=O)O1)c1cccs1. The van der Waals surface area contributed by atoms with E-state index in [-0.39, 0.29) is 47.3 Å². The van der Waals surface area contributed by atoms with Crippen LogP contribution < -0.4 is 15.1 Å². The molecule has 4 heterocycles. The van der Waals surface area contributed by atoms with Crippen LogP contribution in [0.5, 0.6) is 0 Å². The first-order valence-corrected chi connectivity index (χ1v) is 13.6. The molecule has 3 fully saturated rings. The quantitative estimate of drug-likeness (QED) is 0.663. The number of nitrogens with zero attached hydrogens (tertiary/aromatic N) is 2. The topological polar surface area (TPSA) is 96.0 Å². The van der Waals surface area contributed by atoms with Crippen LogP contribution in [-0.2, 0) is 14.6 Å². The number of nitrogens with one attached hydrogen (secondary N) is 1. The summed E-state index contributed by atoms with van der Waals surface area (Å²) < 4.78 is 58.3. The lowest BCUT2D eigenvalue weighted by Crippen LogP contribution is -2.54. The van der Waals surface area contributed by atoms with Gasteiger partial charge < -0.3 is 15.0 Å². The van der Waals surface area contributed by atoms with E-state index < -0.39 is 33.7 Å². The molecule has 1 aromatic carbocycles. The highest BCUT2D eigenvalue weighted by Gasteiger charge is 2.50. The highest BCUT2D eigenvalue weighted by atomic mass is 32.2. The summed E-state index contributed by atoms with van der Waals surface area (Å²) in [7, 11) is -2.97. The van der Waals surface area contributed by atoms with Crippen molar-refractivity contribution in [1.29, 1.82) is 0 Å². The first kappa shape index (κ1) is 23.0. The molecule has 0 saturated carbocycles. The molecule has 3 aliphatic rings. The van der Waals surface area contributed by atoms with Gasteiger partial charge in [0.05, 0.1) is 35.2 Å². The zero-order chi connectivity index (χ0) is 24.1. The number of ether oxygens (including phenoxy) is 1. The summed E-state index contributed by atoms with van der Waals surface area (Å²) in [6, 6.07) is 5.63. The summed E-state index contributed by atoms with van der Waals surface area (Å²) in [4.78, 5) is 27.7. The van der Waals surface area contributed by atoms with Gasteiger partial charge in [-0.2, -0.15) is 0 Å². The van der Waals surface area contributed by atoms with E-state index in [2.05, 4.69) is 5.32 Å². The minimum atomic E-state index is -2.97. The van der Waals surface area contributed by atoms with E-state index in [4.69, 9.17) is 4.74 Å². The second kappa shape index (κ2) is 8.49. The Morgan fingerprint density at radius 2 is 1.88 bits per heavy atom. The summed E-state index contributed by atoms with van der Waals surface area (Å²) >= 11 is 1.29. The molecule has 0 bridgehead atoms. The monoisotopic (exact) mass is 511 g/mol. The Hall–Kier alpha value is -2.73. The van der Waals surface area contributed by atoms with Crippen LogP contribution in [0.4, 0.5) is 25.0 Å². The van der Waals surface area contributed by atoms with Gasteiger partial charge in [-0.3, -0.25) is 9.69 Å². The maximum absolute atomic E-state index is 15.0. The summed E-state index contributed by atoms with van der Waals surface area (Å²) in [5.74, 6) is -1.59. The second-order valence-corrected chi connectivity index (χ2v) is 12.1. The third kappa shape index (κ3) is 4.36. The fourth-order valence-corrected chi connectivity index (χ4v) is 7.93. The van der Waals surface area contributed by atoms with Crippen molar-refractivity contribution in [3.63, 3.8) is 0 Å². The lowest BCUT2D eigenvalue weighted by molar-refractivity contribution is 0.0920. The number of benzene rings is 1. The highest BCUT2D eigenvalue weighted by molar-refractivity contribution is 7.92. The molecular formula is C22H23F2N3O5S2. The van der Waals surface area contributed by atoms with Crippen LogP contribution in [0.2, 0.25) is 0 Å². The van der Waals surface area contributed by atoms with Crippen LogP contribution in [-0.4, -0.2) is 64.2 Å². The molecule has 2 aromatic rings. The van der Waals surface area contributed by atoms with E-state index in [1.807, 2.05) is 0 Å². The van der Waals surface area contributed by atoms with Crippen molar-refractivity contribution in [3.8, 4) is 0 Å². The van der Waals surface area contributed by atoms with Crippen molar-refractivity contribution in [3.05, 3.63) is 46.2 Å². The van der Waals surface area contributed by atoms with Crippen molar-refractivity contribution in [2.45, 2.75) is 18.9 Å². The molecular weight excluding hydrogens is 488 g/mol. The van der Waals surface area contributed by atoms with E-state index >= 15 is 0 Å². The zero-order valence-electron chi connectivity index (χ0n) is 18.1. The Bertz CT molecular complexity index is 1190. The van der Waals surface area contributed by atoms with Crippen molar-refractivity contribution in [2.75, 3.05) is 47.5 Å². The Labute approximate surface area is 199 Å². The Morgan fingerprint density at radius 3 is 2.47 bits per heavy atom. The number of rotatable bonds is 5. The lowest BCUT2D eigenvalue weighted by Gasteiger charge is -2.47. The maximum Gasteiger partial charge on any atom is 0.414 e. The van der Waals surface area contributed by atoms with Crippen LogP contribution in [0.3, 0.4) is 0 Å². The zero-order valence-corrected chi connectivity index (χ0v) is 19.8. The first-order valence-electron chi connectivity index (χ1n) is 10.9. The predicted molar refractivity (Wildman–Crippen MR) is 123 cm³/mol. The number of cyclic esters (lactones) is 1. The van der Waals surface area contributed by atoms with Gasteiger partial charge in [0.15, 0.2) is 21.5 Å². The number of halogens is 2. The molecule has 34 heavy (non-hydrogen) atoms. The van der Waals surface area contributed by atoms with Crippen LogP contribution >= 0.6 is 11.3 Å². The average Bonchev–Trinajstić information content (AvgIpc) is 3.41. The minimum Gasteiger partial charge on any atom is -0.442 e. The van der Waals surface area contributed by atoms with Crippen LogP contribution in [0, 0.1) is 17.0 Å². The first-order chi connectivity index (χ1) is 16.1. The molecule has 3 saturated heterocycles. The van der Waals surface area contributed by atoms with Crippen LogP contribution in [0.15, 0.2) is 29.6 Å². The third-order valence-corrected chi connectivity index (χ3v) is 9.59. The molecule has 3 aliphatic heterocycles. The molecule has 1 spiro atoms. The van der Waals surface area contributed by atoms with E-state index in [1.54, 1.807) is 22.4 Å². The van der Waals surface area contributed by atoms with Gasteiger partial charge in [0.1, 0.15) is 11.8 Å². The molecule has 8 nitrogen and oxygen atoms in total. The largest absolute Gasteiger partial charge is 0.442 e. The molecule has 0 radical (unpaired) electrons. The van der Waals surface area contributed by atoms with E-state index in [1.165, 1.54) is 11.3 Å². The Kier molecular flexibility index (Phi) is 5.75. The Balaban J connectivity index is 1.23. The number of hydrogen-bond acceptors (Lipinski definition) is 7. The maximum atomic E-state index is 15.0. The second-order valence-electron chi connectivity index (χ2n) is 9.08. The standard InChI is InChI=1S/C22H23F2N3O5S2/c23-16-8-14(27-11-15(32-21(27)29)10-25-20(28)18-2-1-7-33-18)9-17(24)19(16)26-5-3-22(4-6-26)12-34(30,31)13-22/h1-2,7-9,15H,3-6,10-13H2,(H,25,28)/t15-/m0/s1. The summed E-state index contributed by atoms with van der Waals surface area (Å²) in [6.45, 7) is 0.844. The molecule has 182 valence electrons. The number of carbonyl (C=O) groups excluding carboxylic acids is 2. The average molecular weight is 512 g/mol. The smallest absolute Gasteiger partial charge is 0.414 e. The van der Waals surface area contributed by atoms with Crippen molar-refractivity contribution in [1.82, 2.24) is 5.32 Å². The molecule has 2 amide bonds. The van der Waals surface area contributed by atoms with Gasteiger partial charge in [-0.15, -0.1) is 11.3 Å². The van der Waals surface area contributed by atoms with E-state index in [0.29, 0.717) is 30.8 Å². The van der Waals surface area contributed by atoms with Gasteiger partial charge in [0.2, 0.25) is 0 Å². The van der Waals surface area contributed by atoms with E-state index in [0.717, 1.165) is 17.0 Å². The van der Waals surface area contributed by atoms with Crippen molar-refractivity contribution < 1.29 is 31.5 Å². The number of carbonyl (C=O) groups is 2. The van der Waals surface area contributed by atoms with Gasteiger partial charge >= 0.3 is 6.09 Å². The summed E-state index contributed by atoms with van der Waals surface area (Å²) in [5.41, 5.74) is -0.405. The lowest BCUT2D eigenvalue weighted by atomic mass is 9.81. The highest BCUT2D eigenvalue weighted by Crippen LogP contribution is 2.44. The summed E-state index contributed by atoms with van der Waals surface area (Å²) in [5, 5.41) is 4.47. The van der Waals surface area contributed by atoms with Gasteiger partial charge in [-0.25, -0.2) is 22.0 Å². The molecule has 1 N–H and O–H groups in total. The van der Waals surface area contributed by atoms with Crippen molar-refractivity contribution in [2.24, 2.45) is 5.41 Å². The molecule has 0 unspecified atom stereocenters. The fourth-order valence-electron chi connectivity index (χ4n) is 4.93. The van der Waals surface area contributed by atoms with E-state index in [9.17, 15) is 26.8 Å². The van der Waals surface area contributed by atoms with Gasteiger partial charge in [0.25, 0.3) is 5.91 Å². The minimum absolute atomic E-state index is 0.0365. The summed E-state index contributed by atoms with van der Waals surface area (Å²) in [6.07, 6.45) is -0.277. The number of anilines is 2. The normalized spacial score (nSPS) is 23.0. The van der Waals surface area contributed by atoms with Gasteiger partial charge in [-0.1, -0.05) is 6.07 Å². The van der Waals surface area contributed by atoms with Gasteiger partial charge in [-0.05, 0) is 24.3 Å². The number of sulfone groups is 1. The molecule has 1 aromatic heterocycles. The fraction of sp³-hybridized carbons (Fsp3) is 0.455. The van der Waals surface area contributed by atoms with Gasteiger partial charge in [0, 0.05) is 30.6 Å². The van der Waals surface area contributed by atoms with Crippen LogP contribution in [0.1, 0.15) is 22.5 Å². The van der Waals surface area contributed by atoms with Crippen LogP contribution in [0.25, 0.3) is 0 Å². The number of piperidine rings is 1. The molecule has 12 heteroatoms. The Morgan fingerprint density at radius 1 is 1.21 bits per heavy atom. The number of hydrogen-bond donors (Lipinski definition) is 1. The molecule has 0 aliphatic carbocycles. The third-order valence-electron chi connectivity index (χ3n) is 6.62. The predicted octanol–water partition coefficient (Wildman–Crippen LogP) is 2.80. The molecule has 1 atom stereocenters. The van der Waals surface area contributed by atoms with Crippen molar-refractivity contribution >= 4 is 44.5 Å². The number of amides is 2. The number of thiophene rings is 1. The molecule has 5 rings (SSSR count).